The van der Waals surface area contributed by atoms with Crippen molar-refractivity contribution in [3.05, 3.63) is 36.9 Å². The number of urea groups is 1. The highest BCUT2D eigenvalue weighted by Crippen LogP contribution is 2.13. The third kappa shape index (κ3) is 7.96. The van der Waals surface area contributed by atoms with Gasteiger partial charge in [0.15, 0.2) is 0 Å². The SMILES string of the molecule is C=CCNC(=O)Nc1ccc(NC(=O)CCNC)cc1.Cl. The molecule has 116 valence electrons. The molecule has 6 nitrogen and oxygen atoms in total. The highest BCUT2D eigenvalue weighted by Gasteiger charge is 2.03. The van der Waals surface area contributed by atoms with Crippen LogP contribution in [0.1, 0.15) is 6.42 Å². The summed E-state index contributed by atoms with van der Waals surface area (Å²) in [5.41, 5.74) is 1.35. The molecule has 0 spiro atoms. The molecule has 0 aliphatic rings. The molecule has 0 aliphatic carbocycles. The lowest BCUT2D eigenvalue weighted by atomic mass is 10.2. The van der Waals surface area contributed by atoms with Crippen LogP contribution in [0, 0.1) is 0 Å². The molecule has 1 aromatic rings. The van der Waals surface area contributed by atoms with Crippen molar-refractivity contribution in [3.63, 3.8) is 0 Å². The Morgan fingerprint density at radius 1 is 1.14 bits per heavy atom. The van der Waals surface area contributed by atoms with Gasteiger partial charge < -0.3 is 21.3 Å². The molecule has 7 heteroatoms. The van der Waals surface area contributed by atoms with Gasteiger partial charge in [0, 0.05) is 30.9 Å². The molecule has 0 radical (unpaired) electrons. The maximum Gasteiger partial charge on any atom is 0.319 e. The molecule has 0 atom stereocenters. The number of nitrogens with one attached hydrogen (secondary N) is 4. The van der Waals surface area contributed by atoms with Crippen LogP contribution in [-0.4, -0.2) is 32.1 Å². The molecule has 4 N–H and O–H groups in total. The summed E-state index contributed by atoms with van der Waals surface area (Å²) >= 11 is 0. The van der Waals surface area contributed by atoms with Crippen LogP contribution in [0.3, 0.4) is 0 Å². The molecule has 0 heterocycles. The second-order valence-electron chi connectivity index (χ2n) is 4.10. The van der Waals surface area contributed by atoms with Crippen molar-refractivity contribution in [3.8, 4) is 0 Å². The normalized spacial score (nSPS) is 9.19. The largest absolute Gasteiger partial charge is 0.334 e. The summed E-state index contributed by atoms with van der Waals surface area (Å²) in [6.45, 7) is 4.55. The van der Waals surface area contributed by atoms with Gasteiger partial charge in [-0.25, -0.2) is 4.79 Å². The van der Waals surface area contributed by atoms with Crippen molar-refractivity contribution in [2.24, 2.45) is 0 Å². The molecule has 0 aromatic heterocycles. The van der Waals surface area contributed by atoms with E-state index in [-0.39, 0.29) is 24.3 Å². The first kappa shape index (κ1) is 18.9. The summed E-state index contributed by atoms with van der Waals surface area (Å²) in [6.07, 6.45) is 2.02. The van der Waals surface area contributed by atoms with Crippen molar-refractivity contribution in [2.75, 3.05) is 30.8 Å². The quantitative estimate of drug-likeness (QED) is 0.581. The summed E-state index contributed by atoms with van der Waals surface area (Å²) in [5, 5.41) is 11.0. The molecule has 0 aliphatic heterocycles. The molecule has 21 heavy (non-hydrogen) atoms. The van der Waals surface area contributed by atoms with E-state index in [9.17, 15) is 9.59 Å². The van der Waals surface area contributed by atoms with E-state index in [0.29, 0.717) is 30.9 Å². The molecule has 1 rings (SSSR count). The van der Waals surface area contributed by atoms with E-state index >= 15 is 0 Å². The Balaban J connectivity index is 0.00000400. The fourth-order valence-electron chi connectivity index (χ4n) is 1.44. The molecule has 3 amide bonds. The standard InChI is InChI=1S/C14H20N4O2.ClH/c1-3-9-16-14(20)18-12-6-4-11(5-7-12)17-13(19)8-10-15-2;/h3-7,15H,1,8-10H2,2H3,(H,17,19)(H2,16,18,20);1H. The van der Waals surface area contributed by atoms with E-state index in [2.05, 4.69) is 27.8 Å². The smallest absolute Gasteiger partial charge is 0.319 e. The molecule has 1 aromatic carbocycles. The number of hydrogen-bond acceptors (Lipinski definition) is 3. The Labute approximate surface area is 130 Å². The summed E-state index contributed by atoms with van der Waals surface area (Å²) < 4.78 is 0. The first-order valence-corrected chi connectivity index (χ1v) is 6.36. The average Bonchev–Trinajstić information content (AvgIpc) is 2.45. The van der Waals surface area contributed by atoms with Crippen LogP contribution in [0.25, 0.3) is 0 Å². The number of carbonyl (C=O) groups is 2. The van der Waals surface area contributed by atoms with E-state index in [1.807, 2.05) is 0 Å². The van der Waals surface area contributed by atoms with E-state index in [1.165, 1.54) is 0 Å². The Bertz CT molecular complexity index is 463. The monoisotopic (exact) mass is 312 g/mol. The molecule has 0 saturated carbocycles. The number of anilines is 2. The lowest BCUT2D eigenvalue weighted by molar-refractivity contribution is -0.116. The number of carbonyl (C=O) groups excluding carboxylic acids is 2. The topological polar surface area (TPSA) is 82.3 Å². The molecule has 0 unspecified atom stereocenters. The van der Waals surface area contributed by atoms with Gasteiger partial charge in [0.2, 0.25) is 5.91 Å². The summed E-state index contributed by atoms with van der Waals surface area (Å²) in [7, 11) is 1.80. The Kier molecular flexibility index (Phi) is 9.66. The highest BCUT2D eigenvalue weighted by atomic mass is 35.5. The Hall–Kier alpha value is -2.05. The molecule has 0 bridgehead atoms. The maximum atomic E-state index is 11.5. The van der Waals surface area contributed by atoms with Crippen molar-refractivity contribution < 1.29 is 9.59 Å². The fourth-order valence-corrected chi connectivity index (χ4v) is 1.44. The van der Waals surface area contributed by atoms with Crippen molar-refractivity contribution >= 4 is 35.7 Å². The number of benzene rings is 1. The molecule has 0 fully saturated rings. The maximum absolute atomic E-state index is 11.5. The highest BCUT2D eigenvalue weighted by molar-refractivity contribution is 5.92. The van der Waals surface area contributed by atoms with Crippen LogP contribution in [-0.2, 0) is 4.79 Å². The zero-order chi connectivity index (χ0) is 14.8. The van der Waals surface area contributed by atoms with E-state index in [1.54, 1.807) is 37.4 Å². The van der Waals surface area contributed by atoms with Crippen molar-refractivity contribution in [1.29, 1.82) is 0 Å². The third-order valence-electron chi connectivity index (χ3n) is 2.44. The van der Waals surface area contributed by atoms with Crippen LogP contribution < -0.4 is 21.3 Å². The molecular weight excluding hydrogens is 292 g/mol. The summed E-state index contributed by atoms with van der Waals surface area (Å²) in [6, 6.07) is 6.62. The first-order valence-electron chi connectivity index (χ1n) is 6.36. The van der Waals surface area contributed by atoms with Gasteiger partial charge in [-0.2, -0.15) is 0 Å². The van der Waals surface area contributed by atoms with Crippen LogP contribution in [0.15, 0.2) is 36.9 Å². The van der Waals surface area contributed by atoms with Gasteiger partial charge in [-0.1, -0.05) is 6.08 Å². The number of halogens is 1. The van der Waals surface area contributed by atoms with Gasteiger partial charge >= 0.3 is 6.03 Å². The van der Waals surface area contributed by atoms with Gasteiger partial charge in [0.25, 0.3) is 0 Å². The van der Waals surface area contributed by atoms with Gasteiger partial charge in [0.05, 0.1) is 0 Å². The first-order chi connectivity index (χ1) is 9.65. The predicted octanol–water partition coefficient (Wildman–Crippen LogP) is 1.96. The van der Waals surface area contributed by atoms with Crippen LogP contribution in [0.2, 0.25) is 0 Å². The number of rotatable bonds is 7. The van der Waals surface area contributed by atoms with Crippen molar-refractivity contribution in [2.45, 2.75) is 6.42 Å². The van der Waals surface area contributed by atoms with Crippen LogP contribution >= 0.6 is 12.4 Å². The summed E-state index contributed by atoms with van der Waals surface area (Å²) in [5.74, 6) is -0.0521. The van der Waals surface area contributed by atoms with E-state index in [0.717, 1.165) is 0 Å². The second kappa shape index (κ2) is 10.7. The van der Waals surface area contributed by atoms with Gasteiger partial charge in [-0.3, -0.25) is 4.79 Å². The van der Waals surface area contributed by atoms with E-state index in [4.69, 9.17) is 0 Å². The van der Waals surface area contributed by atoms with Gasteiger partial charge in [0.1, 0.15) is 0 Å². The van der Waals surface area contributed by atoms with E-state index < -0.39 is 0 Å². The lowest BCUT2D eigenvalue weighted by Crippen LogP contribution is -2.28. The van der Waals surface area contributed by atoms with Gasteiger partial charge in [-0.15, -0.1) is 19.0 Å². The second-order valence-corrected chi connectivity index (χ2v) is 4.10. The number of hydrogen-bond donors (Lipinski definition) is 4. The minimum atomic E-state index is -0.296. The Morgan fingerprint density at radius 2 is 1.71 bits per heavy atom. The van der Waals surface area contributed by atoms with Gasteiger partial charge in [-0.05, 0) is 31.3 Å². The average molecular weight is 313 g/mol. The minimum absolute atomic E-state index is 0. The third-order valence-corrected chi connectivity index (χ3v) is 2.44. The van der Waals surface area contributed by atoms with Crippen LogP contribution in [0.5, 0.6) is 0 Å². The number of amides is 3. The zero-order valence-electron chi connectivity index (χ0n) is 11.9. The summed E-state index contributed by atoms with van der Waals surface area (Å²) in [4.78, 5) is 22.9. The predicted molar refractivity (Wildman–Crippen MR) is 88.1 cm³/mol. The Morgan fingerprint density at radius 3 is 2.24 bits per heavy atom. The zero-order valence-corrected chi connectivity index (χ0v) is 12.8. The minimum Gasteiger partial charge on any atom is -0.334 e. The fraction of sp³-hybridized carbons (Fsp3) is 0.286. The lowest BCUT2D eigenvalue weighted by Gasteiger charge is -2.08. The molecular formula is C14H21ClN4O2. The molecule has 0 saturated heterocycles. The van der Waals surface area contributed by atoms with Crippen molar-refractivity contribution in [1.82, 2.24) is 10.6 Å². The van der Waals surface area contributed by atoms with Crippen LogP contribution in [0.4, 0.5) is 16.2 Å².